The van der Waals surface area contributed by atoms with Gasteiger partial charge in [0.1, 0.15) is 0 Å². The number of aromatic nitrogens is 2. The highest BCUT2D eigenvalue weighted by atomic mass is 15.0. The number of rotatable bonds is 4. The molecule has 0 saturated carbocycles. The van der Waals surface area contributed by atoms with Crippen molar-refractivity contribution in [2.75, 3.05) is 0 Å². The molecule has 8 aromatic carbocycles. The van der Waals surface area contributed by atoms with Gasteiger partial charge in [-0.1, -0.05) is 129 Å². The van der Waals surface area contributed by atoms with Crippen molar-refractivity contribution in [3.8, 4) is 44.8 Å². The Morgan fingerprint density at radius 1 is 0.340 bits per heavy atom. The van der Waals surface area contributed by atoms with E-state index in [2.05, 4.69) is 205 Å². The van der Waals surface area contributed by atoms with Gasteiger partial charge in [0, 0.05) is 38.3 Å². The fraction of sp³-hybridized carbons (Fsp3) is 0.0588. The molecule has 250 valence electrons. The van der Waals surface area contributed by atoms with E-state index in [1.54, 1.807) is 0 Å². The summed E-state index contributed by atoms with van der Waals surface area (Å²) in [5.41, 5.74) is 17.5. The molecule has 0 atom stereocenters. The van der Waals surface area contributed by atoms with Crippen molar-refractivity contribution >= 4 is 43.6 Å². The molecule has 2 aromatic heterocycles. The van der Waals surface area contributed by atoms with Gasteiger partial charge in [-0.25, -0.2) is 0 Å². The van der Waals surface area contributed by atoms with Crippen LogP contribution < -0.4 is 0 Å². The molecule has 11 rings (SSSR count). The van der Waals surface area contributed by atoms with Crippen LogP contribution in [0, 0.1) is 0 Å². The molecule has 10 aromatic rings. The molecule has 53 heavy (non-hydrogen) atoms. The number of nitrogens with zero attached hydrogens (tertiary/aromatic N) is 2. The Morgan fingerprint density at radius 2 is 0.887 bits per heavy atom. The molecule has 1 aliphatic carbocycles. The van der Waals surface area contributed by atoms with Crippen molar-refractivity contribution in [1.82, 2.24) is 9.13 Å². The quantitative estimate of drug-likeness (QED) is 0.176. The van der Waals surface area contributed by atoms with Crippen molar-refractivity contribution in [3.63, 3.8) is 0 Å². The summed E-state index contributed by atoms with van der Waals surface area (Å²) in [5, 5.41) is 5.06. The van der Waals surface area contributed by atoms with E-state index in [-0.39, 0.29) is 5.41 Å². The Hall–Kier alpha value is -6.64. The van der Waals surface area contributed by atoms with Gasteiger partial charge in [0.25, 0.3) is 0 Å². The molecule has 2 heteroatoms. The second-order valence-corrected chi connectivity index (χ2v) is 15.0. The lowest BCUT2D eigenvalue weighted by Gasteiger charge is -2.23. The van der Waals surface area contributed by atoms with Crippen molar-refractivity contribution in [2.24, 2.45) is 0 Å². The third-order valence-corrected chi connectivity index (χ3v) is 11.7. The second-order valence-electron chi connectivity index (χ2n) is 15.0. The van der Waals surface area contributed by atoms with Gasteiger partial charge in [0.2, 0.25) is 0 Å². The number of hydrogen-bond acceptors (Lipinski definition) is 0. The molecule has 0 bridgehead atoms. The zero-order valence-electron chi connectivity index (χ0n) is 29.7. The lowest BCUT2D eigenvalue weighted by molar-refractivity contribution is 0.660. The van der Waals surface area contributed by atoms with E-state index in [0.29, 0.717) is 0 Å². The molecule has 0 fully saturated rings. The smallest absolute Gasteiger partial charge is 0.0547 e. The first kappa shape index (κ1) is 30.0. The molecular weight excluding hydrogens is 641 g/mol. The predicted octanol–water partition coefficient (Wildman–Crippen LogP) is 13.5. The monoisotopic (exact) mass is 676 g/mol. The van der Waals surface area contributed by atoms with E-state index in [1.807, 2.05) is 0 Å². The van der Waals surface area contributed by atoms with E-state index >= 15 is 0 Å². The summed E-state index contributed by atoms with van der Waals surface area (Å²) in [6, 6.07) is 67.1. The lowest BCUT2D eigenvalue weighted by atomic mass is 9.80. The SMILES string of the molecule is CC1(C)c2ccccc2-c2c(-c3ccc4c5ccccc5n(-c5ccccc5)c4c3)cc(-c3ccc4c(c3)c3ccccc3n4-c3ccccc3)cc21. The summed E-state index contributed by atoms with van der Waals surface area (Å²) < 4.78 is 4.82. The summed E-state index contributed by atoms with van der Waals surface area (Å²) in [6.07, 6.45) is 0. The highest BCUT2D eigenvalue weighted by Gasteiger charge is 2.37. The zero-order valence-corrected chi connectivity index (χ0v) is 29.7. The van der Waals surface area contributed by atoms with Crippen LogP contribution in [0.1, 0.15) is 25.0 Å². The Kier molecular flexibility index (Phi) is 6.33. The normalized spacial score (nSPS) is 13.2. The summed E-state index contributed by atoms with van der Waals surface area (Å²) in [7, 11) is 0. The highest BCUT2D eigenvalue weighted by molar-refractivity contribution is 6.12. The first-order valence-corrected chi connectivity index (χ1v) is 18.5. The van der Waals surface area contributed by atoms with E-state index in [9.17, 15) is 0 Å². The zero-order chi connectivity index (χ0) is 35.3. The van der Waals surface area contributed by atoms with Crippen molar-refractivity contribution < 1.29 is 0 Å². The molecule has 0 amide bonds. The van der Waals surface area contributed by atoms with Gasteiger partial charge in [-0.3, -0.25) is 0 Å². The van der Waals surface area contributed by atoms with E-state index in [0.717, 1.165) is 0 Å². The van der Waals surface area contributed by atoms with Gasteiger partial charge in [0.05, 0.1) is 22.1 Å². The standard InChI is InChI=1S/C51H36N2/c1-51(2)44-22-12-9-21-41(44)50-42(34-25-27-40-38-19-10-13-23-46(38)53(49(40)32-34)37-17-7-4-8-18-37)30-35(31-45(50)51)33-26-28-48-43(29-33)39-20-11-14-24-47(39)52(48)36-15-5-3-6-16-36/h3-32H,1-2H3. The Labute approximate surface area is 308 Å². The third-order valence-electron chi connectivity index (χ3n) is 11.7. The molecule has 0 N–H and O–H groups in total. The van der Waals surface area contributed by atoms with Crippen LogP contribution in [0.25, 0.3) is 88.4 Å². The van der Waals surface area contributed by atoms with Crippen molar-refractivity contribution in [2.45, 2.75) is 19.3 Å². The topological polar surface area (TPSA) is 9.86 Å². The predicted molar refractivity (Wildman–Crippen MR) is 224 cm³/mol. The van der Waals surface area contributed by atoms with Crippen LogP contribution in [-0.2, 0) is 5.41 Å². The number of fused-ring (bicyclic) bond motifs is 9. The molecule has 0 aliphatic heterocycles. The second kappa shape index (κ2) is 11.2. The van der Waals surface area contributed by atoms with E-state index in [1.165, 1.54) is 99.5 Å². The maximum atomic E-state index is 2.47. The molecule has 0 radical (unpaired) electrons. The van der Waals surface area contributed by atoms with Crippen LogP contribution in [0.2, 0.25) is 0 Å². The number of benzene rings is 8. The number of hydrogen-bond donors (Lipinski definition) is 0. The highest BCUT2D eigenvalue weighted by Crippen LogP contribution is 2.54. The van der Waals surface area contributed by atoms with Gasteiger partial charge in [0.15, 0.2) is 0 Å². The third kappa shape index (κ3) is 4.33. The molecule has 0 saturated heterocycles. The maximum absolute atomic E-state index is 2.47. The molecule has 2 nitrogen and oxygen atoms in total. The average molecular weight is 677 g/mol. The van der Waals surface area contributed by atoms with Gasteiger partial charge < -0.3 is 9.13 Å². The van der Waals surface area contributed by atoms with Crippen LogP contribution in [0.15, 0.2) is 182 Å². The Bertz CT molecular complexity index is 3070. The maximum Gasteiger partial charge on any atom is 0.0547 e. The minimum atomic E-state index is -0.146. The lowest BCUT2D eigenvalue weighted by Crippen LogP contribution is -2.15. The van der Waals surface area contributed by atoms with E-state index < -0.39 is 0 Å². The van der Waals surface area contributed by atoms with Crippen LogP contribution in [0.4, 0.5) is 0 Å². The summed E-state index contributed by atoms with van der Waals surface area (Å²) in [6.45, 7) is 4.77. The van der Waals surface area contributed by atoms with Crippen LogP contribution in [-0.4, -0.2) is 9.13 Å². The Morgan fingerprint density at radius 3 is 1.60 bits per heavy atom. The summed E-state index contributed by atoms with van der Waals surface area (Å²) in [4.78, 5) is 0. The molecule has 1 aliphatic rings. The van der Waals surface area contributed by atoms with Gasteiger partial charge in [-0.2, -0.15) is 0 Å². The first-order chi connectivity index (χ1) is 26.1. The summed E-state index contributed by atoms with van der Waals surface area (Å²) >= 11 is 0. The van der Waals surface area contributed by atoms with Crippen molar-refractivity contribution in [1.29, 1.82) is 0 Å². The van der Waals surface area contributed by atoms with Gasteiger partial charge in [-0.05, 0) is 111 Å². The minimum absolute atomic E-state index is 0.146. The van der Waals surface area contributed by atoms with Crippen molar-refractivity contribution in [3.05, 3.63) is 193 Å². The first-order valence-electron chi connectivity index (χ1n) is 18.5. The fourth-order valence-corrected chi connectivity index (χ4v) is 9.21. The largest absolute Gasteiger partial charge is 0.309 e. The molecule has 0 spiro atoms. The van der Waals surface area contributed by atoms with Crippen LogP contribution in [0.3, 0.4) is 0 Å². The van der Waals surface area contributed by atoms with Gasteiger partial charge >= 0.3 is 0 Å². The number of para-hydroxylation sites is 4. The Balaban J connectivity index is 1.18. The van der Waals surface area contributed by atoms with Crippen LogP contribution in [0.5, 0.6) is 0 Å². The van der Waals surface area contributed by atoms with Crippen LogP contribution >= 0.6 is 0 Å². The molecule has 2 heterocycles. The van der Waals surface area contributed by atoms with E-state index in [4.69, 9.17) is 0 Å². The minimum Gasteiger partial charge on any atom is -0.309 e. The molecular formula is C51H36N2. The summed E-state index contributed by atoms with van der Waals surface area (Å²) in [5.74, 6) is 0. The molecule has 0 unspecified atom stereocenters. The van der Waals surface area contributed by atoms with Gasteiger partial charge in [-0.15, -0.1) is 0 Å². The fourth-order valence-electron chi connectivity index (χ4n) is 9.21. The average Bonchev–Trinajstić information content (AvgIpc) is 3.81.